The summed E-state index contributed by atoms with van der Waals surface area (Å²) in [6.45, 7) is 4.75. The van der Waals surface area contributed by atoms with Crippen LogP contribution in [0.3, 0.4) is 0 Å². The zero-order valence-corrected chi connectivity index (χ0v) is 17.8. The molecule has 0 fully saturated rings. The Kier molecular flexibility index (Phi) is 5.92. The Morgan fingerprint density at radius 2 is 1.97 bits per heavy atom. The first-order valence-corrected chi connectivity index (χ1v) is 10.4. The van der Waals surface area contributed by atoms with Crippen molar-refractivity contribution in [1.29, 1.82) is 0 Å². The molecule has 1 aliphatic heterocycles. The van der Waals surface area contributed by atoms with E-state index in [1.165, 1.54) is 22.9 Å². The van der Waals surface area contributed by atoms with Gasteiger partial charge in [0.05, 0.1) is 10.7 Å². The number of rotatable bonds is 5. The molecule has 1 aliphatic rings. The summed E-state index contributed by atoms with van der Waals surface area (Å²) in [4.78, 5) is 14.7. The van der Waals surface area contributed by atoms with Gasteiger partial charge in [-0.2, -0.15) is 5.10 Å². The van der Waals surface area contributed by atoms with Crippen molar-refractivity contribution in [2.45, 2.75) is 26.4 Å². The molecule has 0 saturated heterocycles. The van der Waals surface area contributed by atoms with Crippen molar-refractivity contribution >= 4 is 28.1 Å². The molecule has 1 N–H and O–H groups in total. The van der Waals surface area contributed by atoms with Crippen LogP contribution in [-0.2, 0) is 19.5 Å². The Balaban J connectivity index is 1.32. The molecule has 4 rings (SSSR count). The average molecular weight is 452 g/mol. The second-order valence-electron chi connectivity index (χ2n) is 7.18. The van der Waals surface area contributed by atoms with Gasteiger partial charge in [-0.25, -0.2) is 5.43 Å². The lowest BCUT2D eigenvalue weighted by Crippen LogP contribution is -2.30. The van der Waals surface area contributed by atoms with Crippen LogP contribution in [-0.4, -0.2) is 23.6 Å². The third-order valence-corrected chi connectivity index (χ3v) is 5.85. The lowest BCUT2D eigenvalue weighted by atomic mass is 9.99. The predicted molar refractivity (Wildman–Crippen MR) is 117 cm³/mol. The first-order valence-electron chi connectivity index (χ1n) is 9.56. The lowest BCUT2D eigenvalue weighted by Gasteiger charge is -2.28. The second kappa shape index (κ2) is 8.76. The number of fused-ring (bicyclic) bond motifs is 1. The van der Waals surface area contributed by atoms with Crippen LogP contribution < -0.4 is 5.43 Å². The largest absolute Gasteiger partial charge is 0.459 e. The summed E-state index contributed by atoms with van der Waals surface area (Å²) in [5.74, 6) is 1.10. The number of furan rings is 1. The fourth-order valence-corrected chi connectivity index (χ4v) is 3.78. The van der Waals surface area contributed by atoms with E-state index in [1.54, 1.807) is 6.07 Å². The smallest absolute Gasteiger partial charge is 0.271 e. The minimum Gasteiger partial charge on any atom is -0.459 e. The standard InChI is InChI=1S/C23H22BrN3O2/c1-16-22(24)12-21(29-16)13-25-26-23(28)19-8-6-17(7-9-19)14-27-11-10-18-4-2-3-5-20(18)15-27/h2-9,12-13H,10-11,14-15H2,1H3,(H,26,28)/b25-13-. The molecule has 1 amide bonds. The van der Waals surface area contributed by atoms with Gasteiger partial charge < -0.3 is 4.42 Å². The summed E-state index contributed by atoms with van der Waals surface area (Å²) >= 11 is 3.38. The van der Waals surface area contributed by atoms with Crippen LogP contribution in [0, 0.1) is 6.92 Å². The van der Waals surface area contributed by atoms with E-state index >= 15 is 0 Å². The number of hydrogen-bond acceptors (Lipinski definition) is 4. The molecule has 0 bridgehead atoms. The summed E-state index contributed by atoms with van der Waals surface area (Å²) in [6.07, 6.45) is 2.57. The molecule has 5 nitrogen and oxygen atoms in total. The van der Waals surface area contributed by atoms with Crippen LogP contribution >= 0.6 is 15.9 Å². The quantitative estimate of drug-likeness (QED) is 0.452. The van der Waals surface area contributed by atoms with Crippen LogP contribution in [0.25, 0.3) is 0 Å². The van der Waals surface area contributed by atoms with Crippen molar-refractivity contribution in [3.05, 3.63) is 92.8 Å². The molecule has 0 radical (unpaired) electrons. The normalized spacial score (nSPS) is 14.1. The fraction of sp³-hybridized carbons (Fsp3) is 0.217. The maximum Gasteiger partial charge on any atom is 0.271 e. The molecule has 0 atom stereocenters. The van der Waals surface area contributed by atoms with Crippen LogP contribution in [0.2, 0.25) is 0 Å². The van der Waals surface area contributed by atoms with Crippen molar-refractivity contribution in [1.82, 2.24) is 10.3 Å². The highest BCUT2D eigenvalue weighted by atomic mass is 79.9. The van der Waals surface area contributed by atoms with E-state index in [0.717, 1.165) is 36.3 Å². The van der Waals surface area contributed by atoms with Gasteiger partial charge in [-0.1, -0.05) is 36.4 Å². The van der Waals surface area contributed by atoms with Crippen LogP contribution in [0.4, 0.5) is 0 Å². The van der Waals surface area contributed by atoms with Gasteiger partial charge in [-0.15, -0.1) is 0 Å². The first-order chi connectivity index (χ1) is 14.1. The number of nitrogens with one attached hydrogen (secondary N) is 1. The van der Waals surface area contributed by atoms with E-state index in [-0.39, 0.29) is 5.91 Å². The molecule has 0 aliphatic carbocycles. The number of hydrazone groups is 1. The molecule has 1 aromatic heterocycles. The Hall–Kier alpha value is -2.70. The molecular weight excluding hydrogens is 430 g/mol. The highest BCUT2D eigenvalue weighted by Gasteiger charge is 2.16. The van der Waals surface area contributed by atoms with Crippen molar-refractivity contribution in [3.8, 4) is 0 Å². The summed E-state index contributed by atoms with van der Waals surface area (Å²) in [6, 6.07) is 18.1. The van der Waals surface area contributed by atoms with E-state index in [4.69, 9.17) is 4.42 Å². The molecule has 0 unspecified atom stereocenters. The minimum absolute atomic E-state index is 0.248. The van der Waals surface area contributed by atoms with E-state index in [9.17, 15) is 4.79 Å². The monoisotopic (exact) mass is 451 g/mol. The van der Waals surface area contributed by atoms with Crippen molar-refractivity contribution in [3.63, 3.8) is 0 Å². The second-order valence-corrected chi connectivity index (χ2v) is 8.03. The summed E-state index contributed by atoms with van der Waals surface area (Å²) < 4.78 is 6.33. The highest BCUT2D eigenvalue weighted by molar-refractivity contribution is 9.10. The summed E-state index contributed by atoms with van der Waals surface area (Å²) in [5.41, 5.74) is 7.16. The maximum atomic E-state index is 12.3. The third-order valence-electron chi connectivity index (χ3n) is 5.07. The molecular formula is C23H22BrN3O2. The number of benzene rings is 2. The van der Waals surface area contributed by atoms with Crippen LogP contribution in [0.15, 0.2) is 68.6 Å². The first kappa shape index (κ1) is 19.6. The van der Waals surface area contributed by atoms with Crippen molar-refractivity contribution < 1.29 is 9.21 Å². The summed E-state index contributed by atoms with van der Waals surface area (Å²) in [7, 11) is 0. The van der Waals surface area contributed by atoms with Gasteiger partial charge in [0.2, 0.25) is 0 Å². The Bertz CT molecular complexity index is 1020. The lowest BCUT2D eigenvalue weighted by molar-refractivity contribution is 0.0955. The Morgan fingerprint density at radius 1 is 1.21 bits per heavy atom. The average Bonchev–Trinajstić information content (AvgIpc) is 3.05. The number of nitrogens with zero attached hydrogens (tertiary/aromatic N) is 2. The Labute approximate surface area is 178 Å². The number of aryl methyl sites for hydroxylation is 1. The van der Waals surface area contributed by atoms with E-state index in [2.05, 4.69) is 55.6 Å². The van der Waals surface area contributed by atoms with Gasteiger partial charge in [0.1, 0.15) is 11.5 Å². The SMILES string of the molecule is Cc1oc(/C=N\NC(=O)c2ccc(CN3CCc4ccccc4C3)cc2)cc1Br. The number of hydrogen-bond donors (Lipinski definition) is 1. The van der Waals surface area contributed by atoms with Gasteiger partial charge in [0, 0.05) is 31.3 Å². The van der Waals surface area contributed by atoms with E-state index in [0.29, 0.717) is 11.3 Å². The van der Waals surface area contributed by atoms with E-state index < -0.39 is 0 Å². The van der Waals surface area contributed by atoms with Gasteiger partial charge >= 0.3 is 0 Å². The fourth-order valence-electron chi connectivity index (χ4n) is 3.47. The molecule has 2 heterocycles. The highest BCUT2D eigenvalue weighted by Crippen LogP contribution is 2.21. The van der Waals surface area contributed by atoms with Crippen molar-refractivity contribution in [2.24, 2.45) is 5.10 Å². The third kappa shape index (κ3) is 4.83. The maximum absolute atomic E-state index is 12.3. The molecule has 148 valence electrons. The van der Waals surface area contributed by atoms with Gasteiger partial charge in [0.25, 0.3) is 5.91 Å². The number of carbonyl (C=O) groups is 1. The number of halogens is 1. The van der Waals surface area contributed by atoms with Crippen LogP contribution in [0.5, 0.6) is 0 Å². The predicted octanol–water partition coefficient (Wildman–Crippen LogP) is 4.67. The minimum atomic E-state index is -0.248. The van der Waals surface area contributed by atoms with Gasteiger partial charge in [0.15, 0.2) is 0 Å². The Morgan fingerprint density at radius 3 is 2.69 bits per heavy atom. The molecule has 2 aromatic carbocycles. The van der Waals surface area contributed by atoms with Crippen molar-refractivity contribution in [2.75, 3.05) is 6.54 Å². The molecule has 0 spiro atoms. The zero-order chi connectivity index (χ0) is 20.2. The number of carbonyl (C=O) groups excluding carboxylic acids is 1. The molecule has 29 heavy (non-hydrogen) atoms. The van der Waals surface area contributed by atoms with Gasteiger partial charge in [-0.05, 0) is 58.1 Å². The molecule has 6 heteroatoms. The van der Waals surface area contributed by atoms with E-state index in [1.807, 2.05) is 31.2 Å². The topological polar surface area (TPSA) is 57.8 Å². The summed E-state index contributed by atoms with van der Waals surface area (Å²) in [5, 5.41) is 3.96. The number of amides is 1. The van der Waals surface area contributed by atoms with Crippen LogP contribution in [0.1, 0.15) is 38.6 Å². The van der Waals surface area contributed by atoms with Gasteiger partial charge in [-0.3, -0.25) is 9.69 Å². The molecule has 3 aromatic rings. The molecule has 0 saturated carbocycles. The zero-order valence-electron chi connectivity index (χ0n) is 16.2.